The van der Waals surface area contributed by atoms with Gasteiger partial charge in [0.15, 0.2) is 6.61 Å². The maximum atomic E-state index is 11.6. The topological polar surface area (TPSA) is 79.5 Å². The molecule has 19 heavy (non-hydrogen) atoms. The number of fused-ring (bicyclic) bond motifs is 1. The van der Waals surface area contributed by atoms with Gasteiger partial charge in [-0.05, 0) is 18.6 Å². The monoisotopic (exact) mass is 263 g/mol. The van der Waals surface area contributed by atoms with E-state index in [4.69, 9.17) is 4.74 Å². The molecule has 0 unspecified atom stereocenters. The zero-order chi connectivity index (χ0) is 13.7. The number of carbonyl (C=O) groups is 2. The second-order valence-corrected chi connectivity index (χ2v) is 4.28. The molecule has 0 fully saturated rings. The van der Waals surface area contributed by atoms with Gasteiger partial charge in [-0.15, -0.1) is 0 Å². The Morgan fingerprint density at radius 2 is 2.32 bits per heavy atom. The van der Waals surface area contributed by atoms with Crippen molar-refractivity contribution in [3.8, 4) is 5.75 Å². The second kappa shape index (κ2) is 6.08. The molecule has 6 nitrogen and oxygen atoms in total. The molecule has 3 N–H and O–H groups in total. The van der Waals surface area contributed by atoms with Gasteiger partial charge >= 0.3 is 6.03 Å². The van der Waals surface area contributed by atoms with E-state index in [9.17, 15) is 9.59 Å². The van der Waals surface area contributed by atoms with E-state index in [2.05, 4.69) is 22.9 Å². The zero-order valence-electron chi connectivity index (χ0n) is 10.8. The van der Waals surface area contributed by atoms with Gasteiger partial charge in [0.1, 0.15) is 5.75 Å². The molecule has 1 aliphatic rings. The number of anilines is 2. The van der Waals surface area contributed by atoms with Gasteiger partial charge in [-0.1, -0.05) is 13.3 Å². The van der Waals surface area contributed by atoms with Crippen LogP contribution in [-0.2, 0) is 4.79 Å². The van der Waals surface area contributed by atoms with E-state index in [1.807, 2.05) is 0 Å². The first-order chi connectivity index (χ1) is 9.19. The number of ether oxygens (including phenoxy) is 1. The number of hydrogen-bond donors (Lipinski definition) is 3. The third-order valence-corrected chi connectivity index (χ3v) is 2.69. The van der Waals surface area contributed by atoms with Crippen LogP contribution in [0.1, 0.15) is 19.8 Å². The fraction of sp³-hybridized carbons (Fsp3) is 0.385. The number of unbranched alkanes of at least 4 members (excludes halogenated alkanes) is 1. The lowest BCUT2D eigenvalue weighted by molar-refractivity contribution is -0.118. The lowest BCUT2D eigenvalue weighted by Gasteiger charge is -2.18. The highest BCUT2D eigenvalue weighted by atomic mass is 16.5. The lowest BCUT2D eigenvalue weighted by atomic mass is 10.2. The molecule has 6 heteroatoms. The molecule has 0 radical (unpaired) electrons. The Bertz CT molecular complexity index is 488. The van der Waals surface area contributed by atoms with Crippen LogP contribution in [-0.4, -0.2) is 25.1 Å². The molecule has 1 heterocycles. The van der Waals surface area contributed by atoms with Crippen LogP contribution >= 0.6 is 0 Å². The maximum absolute atomic E-state index is 11.6. The van der Waals surface area contributed by atoms with Crippen molar-refractivity contribution in [1.82, 2.24) is 5.32 Å². The van der Waals surface area contributed by atoms with Gasteiger partial charge in [0.2, 0.25) is 0 Å². The standard InChI is InChI=1S/C13H17N3O3/c1-2-3-6-14-13(18)15-9-4-5-10-11(7-9)19-8-12(17)16-10/h4-5,7H,2-3,6,8H2,1H3,(H,16,17)(H2,14,15,18). The third kappa shape index (κ3) is 3.61. The van der Waals surface area contributed by atoms with Crippen molar-refractivity contribution in [2.75, 3.05) is 23.8 Å². The fourth-order valence-electron chi connectivity index (χ4n) is 1.71. The van der Waals surface area contributed by atoms with Gasteiger partial charge in [-0.25, -0.2) is 4.79 Å². The van der Waals surface area contributed by atoms with Crippen molar-refractivity contribution in [2.24, 2.45) is 0 Å². The van der Waals surface area contributed by atoms with Crippen LogP contribution in [0.25, 0.3) is 0 Å². The van der Waals surface area contributed by atoms with Crippen molar-refractivity contribution in [2.45, 2.75) is 19.8 Å². The number of rotatable bonds is 4. The summed E-state index contributed by atoms with van der Waals surface area (Å²) in [6.07, 6.45) is 1.99. The average Bonchev–Trinajstić information content (AvgIpc) is 2.39. The molecule has 1 aliphatic heterocycles. The van der Waals surface area contributed by atoms with Gasteiger partial charge in [-0.2, -0.15) is 0 Å². The van der Waals surface area contributed by atoms with Gasteiger partial charge in [0.05, 0.1) is 5.69 Å². The molecule has 2 rings (SSSR count). The van der Waals surface area contributed by atoms with Crippen LogP contribution in [0.5, 0.6) is 5.75 Å². The summed E-state index contributed by atoms with van der Waals surface area (Å²) in [5.74, 6) is 0.386. The first-order valence-electron chi connectivity index (χ1n) is 6.30. The number of carbonyl (C=O) groups excluding carboxylic acids is 2. The van der Waals surface area contributed by atoms with Crippen LogP contribution in [0, 0.1) is 0 Å². The first kappa shape index (κ1) is 13.2. The molecule has 0 spiro atoms. The molecule has 102 valence electrons. The largest absolute Gasteiger partial charge is 0.482 e. The Morgan fingerprint density at radius 1 is 1.47 bits per heavy atom. The summed E-state index contributed by atoms with van der Waals surface area (Å²) in [6, 6.07) is 4.86. The second-order valence-electron chi connectivity index (χ2n) is 4.28. The summed E-state index contributed by atoms with van der Waals surface area (Å²) in [5.41, 5.74) is 1.25. The molecular formula is C13H17N3O3. The minimum atomic E-state index is -0.242. The SMILES string of the molecule is CCCCNC(=O)Nc1ccc2c(c1)OCC(=O)N2. The van der Waals surface area contributed by atoms with E-state index in [0.717, 1.165) is 12.8 Å². The molecule has 1 aromatic rings. The van der Waals surface area contributed by atoms with Gasteiger partial charge < -0.3 is 20.7 Å². The summed E-state index contributed by atoms with van der Waals surface area (Å²) in [4.78, 5) is 22.7. The summed E-state index contributed by atoms with van der Waals surface area (Å²) >= 11 is 0. The summed E-state index contributed by atoms with van der Waals surface area (Å²) in [6.45, 7) is 2.72. The van der Waals surface area contributed by atoms with E-state index >= 15 is 0 Å². The molecule has 0 saturated carbocycles. The molecule has 1 aromatic carbocycles. The van der Waals surface area contributed by atoms with E-state index in [-0.39, 0.29) is 18.5 Å². The van der Waals surface area contributed by atoms with Gasteiger partial charge in [0, 0.05) is 18.3 Å². The molecular weight excluding hydrogens is 246 g/mol. The van der Waals surface area contributed by atoms with Crippen molar-refractivity contribution in [3.05, 3.63) is 18.2 Å². The van der Waals surface area contributed by atoms with Crippen molar-refractivity contribution < 1.29 is 14.3 Å². The molecule has 0 aromatic heterocycles. The Morgan fingerprint density at radius 3 is 3.11 bits per heavy atom. The minimum Gasteiger partial charge on any atom is -0.482 e. The molecule has 0 atom stereocenters. The van der Waals surface area contributed by atoms with Gasteiger partial charge in [-0.3, -0.25) is 4.79 Å². The Hall–Kier alpha value is -2.24. The van der Waals surface area contributed by atoms with Crippen molar-refractivity contribution >= 4 is 23.3 Å². The number of benzene rings is 1. The maximum Gasteiger partial charge on any atom is 0.319 e. The normalized spacial score (nSPS) is 13.0. The van der Waals surface area contributed by atoms with E-state index < -0.39 is 0 Å². The minimum absolute atomic E-state index is 0.000843. The predicted octanol–water partition coefficient (Wildman–Crippen LogP) is 1.94. The number of hydrogen-bond acceptors (Lipinski definition) is 3. The molecule has 3 amide bonds. The predicted molar refractivity (Wildman–Crippen MR) is 72.5 cm³/mol. The van der Waals surface area contributed by atoms with Gasteiger partial charge in [0.25, 0.3) is 5.91 Å². The van der Waals surface area contributed by atoms with E-state index in [0.29, 0.717) is 23.7 Å². The van der Waals surface area contributed by atoms with Crippen LogP contribution in [0.4, 0.5) is 16.2 Å². The summed E-state index contributed by atoms with van der Waals surface area (Å²) in [7, 11) is 0. The first-order valence-corrected chi connectivity index (χ1v) is 6.30. The van der Waals surface area contributed by atoms with Crippen LogP contribution in [0.15, 0.2) is 18.2 Å². The fourth-order valence-corrected chi connectivity index (χ4v) is 1.71. The number of urea groups is 1. The lowest BCUT2D eigenvalue weighted by Crippen LogP contribution is -2.29. The van der Waals surface area contributed by atoms with Crippen LogP contribution < -0.4 is 20.7 Å². The highest BCUT2D eigenvalue weighted by molar-refractivity contribution is 5.96. The Balaban J connectivity index is 1.95. The molecule has 0 bridgehead atoms. The van der Waals surface area contributed by atoms with Crippen molar-refractivity contribution in [3.63, 3.8) is 0 Å². The number of amides is 3. The highest BCUT2D eigenvalue weighted by Gasteiger charge is 2.16. The van der Waals surface area contributed by atoms with E-state index in [1.165, 1.54) is 0 Å². The smallest absolute Gasteiger partial charge is 0.319 e. The average molecular weight is 263 g/mol. The molecule has 0 saturated heterocycles. The Labute approximate surface area is 111 Å². The summed E-state index contributed by atoms with van der Waals surface area (Å²) < 4.78 is 5.27. The van der Waals surface area contributed by atoms with Crippen molar-refractivity contribution in [1.29, 1.82) is 0 Å². The summed E-state index contributed by atoms with van der Waals surface area (Å²) in [5, 5.41) is 8.17. The highest BCUT2D eigenvalue weighted by Crippen LogP contribution is 2.30. The quantitative estimate of drug-likeness (QED) is 0.726. The van der Waals surface area contributed by atoms with E-state index in [1.54, 1.807) is 18.2 Å². The Kier molecular flexibility index (Phi) is 4.22. The molecule has 0 aliphatic carbocycles. The zero-order valence-corrected chi connectivity index (χ0v) is 10.8. The van der Waals surface area contributed by atoms with Crippen LogP contribution in [0.3, 0.4) is 0 Å². The number of nitrogens with one attached hydrogen (secondary N) is 3. The van der Waals surface area contributed by atoms with Crippen LogP contribution in [0.2, 0.25) is 0 Å². The third-order valence-electron chi connectivity index (χ3n) is 2.69.